The van der Waals surface area contributed by atoms with E-state index in [0.717, 1.165) is 40.0 Å². The topological polar surface area (TPSA) is 98.3 Å². The van der Waals surface area contributed by atoms with Crippen molar-refractivity contribution < 1.29 is 53.7 Å². The third-order valence-electron chi connectivity index (χ3n) is 6.58. The number of amides is 1. The number of aryl methyl sites for hydroxylation is 1. The molecule has 1 aliphatic rings. The molecule has 5 rings (SSSR count). The van der Waals surface area contributed by atoms with Crippen molar-refractivity contribution in [3.63, 3.8) is 0 Å². The van der Waals surface area contributed by atoms with Crippen LogP contribution in [-0.4, -0.2) is 22.2 Å². The Morgan fingerprint density at radius 2 is 1.61 bits per heavy atom. The number of carbonyl (C=O) groups excluding carboxylic acids is 2. The van der Waals surface area contributed by atoms with Gasteiger partial charge in [-0.2, -0.15) is 4.37 Å². The molecule has 2 N–H and O–H groups in total. The molecule has 1 amide bonds. The van der Waals surface area contributed by atoms with E-state index in [1.54, 1.807) is 25.1 Å². The van der Waals surface area contributed by atoms with Crippen molar-refractivity contribution in [2.24, 2.45) is 0 Å². The standard InChI is InChI=1S/C29H24FN2O3S.Na.H2O/c1-18-26(31-28(34)35-19(2)24-5-3-4-6-25(24)30)27(36-32-18)22-9-7-20(8-10-22)21-11-13-23(14-12-21)29(17-33)15-16-29;;/h3-14,19H,15-16H2,1-2H3,(H,31,34);;1H2/q-1;+1;/p-1/t19-;;/m1../s1. The van der Waals surface area contributed by atoms with Crippen LogP contribution < -0.4 is 34.9 Å². The van der Waals surface area contributed by atoms with Gasteiger partial charge in [0.2, 0.25) is 0 Å². The van der Waals surface area contributed by atoms with E-state index < -0.39 is 23.4 Å². The summed E-state index contributed by atoms with van der Waals surface area (Å²) < 4.78 is 23.9. The van der Waals surface area contributed by atoms with E-state index >= 15 is 0 Å². The first-order chi connectivity index (χ1) is 17.4. The van der Waals surface area contributed by atoms with Gasteiger partial charge in [0.1, 0.15) is 11.9 Å². The van der Waals surface area contributed by atoms with Gasteiger partial charge in [-0.15, -0.1) is 5.41 Å². The number of aromatic nitrogens is 1. The largest absolute Gasteiger partial charge is 1.00 e. The van der Waals surface area contributed by atoms with Gasteiger partial charge in [0.05, 0.1) is 16.3 Å². The monoisotopic (exact) mass is 539 g/mol. The number of hydrogen-bond donors (Lipinski definition) is 1. The maximum absolute atomic E-state index is 14.0. The minimum absolute atomic E-state index is 0. The average Bonchev–Trinajstić information content (AvgIpc) is 3.62. The van der Waals surface area contributed by atoms with Crippen molar-refractivity contribution >= 4 is 29.6 Å². The number of carbonyl (C=O) groups is 1. The zero-order chi connectivity index (χ0) is 25.3. The van der Waals surface area contributed by atoms with Crippen molar-refractivity contribution in [1.82, 2.24) is 4.37 Å². The number of halogens is 1. The van der Waals surface area contributed by atoms with Crippen molar-refractivity contribution in [3.05, 3.63) is 95.4 Å². The summed E-state index contributed by atoms with van der Waals surface area (Å²) in [5.41, 5.74) is 5.18. The molecule has 0 aliphatic heterocycles. The Morgan fingerprint density at radius 3 is 2.18 bits per heavy atom. The number of nitrogens with zero attached hydrogens (tertiary/aromatic N) is 1. The summed E-state index contributed by atoms with van der Waals surface area (Å²) in [5.74, 6) is -0.421. The van der Waals surface area contributed by atoms with Crippen LogP contribution >= 0.6 is 11.5 Å². The zero-order valence-electron chi connectivity index (χ0n) is 21.3. The molecular weight excluding hydrogens is 514 g/mol. The number of benzene rings is 3. The Bertz CT molecular complexity index is 1420. The van der Waals surface area contributed by atoms with Crippen molar-refractivity contribution in [2.45, 2.75) is 38.2 Å². The van der Waals surface area contributed by atoms with E-state index in [1.807, 2.05) is 55.5 Å². The second-order valence-corrected chi connectivity index (χ2v) is 9.78. The predicted molar refractivity (Wildman–Crippen MR) is 141 cm³/mol. The zero-order valence-corrected chi connectivity index (χ0v) is 24.1. The molecule has 0 saturated heterocycles. The minimum Gasteiger partial charge on any atom is -0.870 e. The molecule has 1 fully saturated rings. The number of rotatable bonds is 7. The molecule has 0 spiro atoms. The first kappa shape index (κ1) is 29.7. The van der Waals surface area contributed by atoms with Crippen LogP contribution in [0, 0.1) is 12.7 Å². The van der Waals surface area contributed by atoms with Gasteiger partial charge >= 0.3 is 35.7 Å². The minimum atomic E-state index is -0.744. The smallest absolute Gasteiger partial charge is 0.870 e. The number of nitrogens with one attached hydrogen (secondary N) is 1. The fourth-order valence-electron chi connectivity index (χ4n) is 4.24. The number of hydrogen-bond acceptors (Lipinski definition) is 6. The van der Waals surface area contributed by atoms with E-state index in [0.29, 0.717) is 16.9 Å². The van der Waals surface area contributed by atoms with Crippen LogP contribution in [-0.2, 0) is 14.9 Å². The maximum atomic E-state index is 14.0. The van der Waals surface area contributed by atoms with Gasteiger partial charge in [-0.1, -0.05) is 85.1 Å². The third-order valence-corrected chi connectivity index (χ3v) is 7.57. The van der Waals surface area contributed by atoms with Gasteiger partial charge in [0.15, 0.2) is 0 Å². The Hall–Kier alpha value is -2.88. The van der Waals surface area contributed by atoms with E-state index in [-0.39, 0.29) is 35.0 Å². The van der Waals surface area contributed by atoms with Crippen LogP contribution in [0.1, 0.15) is 42.7 Å². The Balaban J connectivity index is 0.00000200. The molecule has 3 aromatic carbocycles. The molecule has 0 unspecified atom stereocenters. The van der Waals surface area contributed by atoms with E-state index in [9.17, 15) is 14.0 Å². The molecule has 6 nitrogen and oxygen atoms in total. The molecule has 0 radical (unpaired) electrons. The summed E-state index contributed by atoms with van der Waals surface area (Å²) in [4.78, 5) is 24.7. The number of ether oxygens (including phenoxy) is 1. The summed E-state index contributed by atoms with van der Waals surface area (Å²) in [7, 11) is 0. The van der Waals surface area contributed by atoms with E-state index in [2.05, 4.69) is 16.0 Å². The van der Waals surface area contributed by atoms with Gasteiger partial charge in [-0.25, -0.2) is 9.18 Å². The van der Waals surface area contributed by atoms with Crippen molar-refractivity contribution in [3.8, 4) is 21.6 Å². The SMILES string of the molecule is Cc1nsc(-c2ccc(-c3ccc(C4([C-]=O)CC4)cc3)cc2)c1NC(=O)O[C@H](C)c1ccccc1F.[Na+].[OH-]. The summed E-state index contributed by atoms with van der Waals surface area (Å²) in [6, 6.07) is 22.3. The van der Waals surface area contributed by atoms with Gasteiger partial charge in [-0.3, -0.25) is 11.6 Å². The quantitative estimate of drug-likeness (QED) is 0.280. The molecule has 4 aromatic rings. The Morgan fingerprint density at radius 1 is 1.03 bits per heavy atom. The normalized spacial score (nSPS) is 13.9. The fourth-order valence-corrected chi connectivity index (χ4v) is 5.10. The maximum Gasteiger partial charge on any atom is 1.00 e. The number of anilines is 1. The predicted octanol–water partition coefficient (Wildman–Crippen LogP) is 4.20. The van der Waals surface area contributed by atoms with Gasteiger partial charge in [-0.05, 0) is 48.1 Å². The van der Waals surface area contributed by atoms with Crippen molar-refractivity contribution in [2.75, 3.05) is 5.32 Å². The molecule has 9 heteroatoms. The molecule has 1 aliphatic carbocycles. The molecule has 1 saturated carbocycles. The van der Waals surface area contributed by atoms with Crippen molar-refractivity contribution in [1.29, 1.82) is 0 Å². The molecule has 1 atom stereocenters. The molecule has 190 valence electrons. The summed E-state index contributed by atoms with van der Waals surface area (Å²) in [6.45, 7) is 3.44. The van der Waals surface area contributed by atoms with Crippen LogP contribution in [0.3, 0.4) is 0 Å². The van der Waals surface area contributed by atoms with Crippen LogP contribution in [0.25, 0.3) is 21.6 Å². The van der Waals surface area contributed by atoms with Crippen LogP contribution in [0.15, 0.2) is 72.8 Å². The van der Waals surface area contributed by atoms with Gasteiger partial charge in [0, 0.05) is 5.56 Å². The molecule has 0 bridgehead atoms. The first-order valence-electron chi connectivity index (χ1n) is 11.7. The molecule has 1 aromatic heterocycles. The first-order valence-corrected chi connectivity index (χ1v) is 12.5. The third kappa shape index (κ3) is 6.06. The van der Waals surface area contributed by atoms with Crippen LogP contribution in [0.5, 0.6) is 0 Å². The van der Waals surface area contributed by atoms with E-state index in [1.165, 1.54) is 17.6 Å². The Labute approximate surface area is 247 Å². The van der Waals surface area contributed by atoms with Gasteiger partial charge < -0.3 is 15.0 Å². The molecular formula is C29H25FN2NaO4S-. The summed E-state index contributed by atoms with van der Waals surface area (Å²) in [6.07, 6.45) is 2.50. The Kier molecular flexibility index (Phi) is 9.62. The fraction of sp³-hybridized carbons (Fsp3) is 0.207. The van der Waals surface area contributed by atoms with E-state index in [4.69, 9.17) is 4.74 Å². The van der Waals surface area contributed by atoms with Crippen LogP contribution in [0.2, 0.25) is 0 Å². The summed E-state index contributed by atoms with van der Waals surface area (Å²) in [5, 5.41) is 2.79. The van der Waals surface area contributed by atoms with Crippen LogP contribution in [0.4, 0.5) is 14.9 Å². The molecule has 1 heterocycles. The second-order valence-electron chi connectivity index (χ2n) is 9.01. The summed E-state index contributed by atoms with van der Waals surface area (Å²) >= 11 is 1.29. The van der Waals surface area contributed by atoms with Gasteiger partial charge in [0.25, 0.3) is 0 Å². The average molecular weight is 540 g/mol. The second kappa shape index (κ2) is 12.3. The molecule has 38 heavy (non-hydrogen) atoms.